The maximum atomic E-state index is 11.8. The van der Waals surface area contributed by atoms with Crippen LogP contribution in [0.25, 0.3) is 0 Å². The second kappa shape index (κ2) is 4.97. The van der Waals surface area contributed by atoms with Crippen molar-refractivity contribution in [1.29, 1.82) is 0 Å². The molecule has 0 bridgehead atoms. The van der Waals surface area contributed by atoms with E-state index in [4.69, 9.17) is 10.5 Å². The smallest absolute Gasteiger partial charge is 0.217 e. The highest BCUT2D eigenvalue weighted by atomic mass is 35.5. The molecule has 1 unspecified atom stereocenters. The summed E-state index contributed by atoms with van der Waals surface area (Å²) >= 11 is 0. The highest BCUT2D eigenvalue weighted by Gasteiger charge is 2.41. The number of rotatable bonds is 3. The second-order valence-corrected chi connectivity index (χ2v) is 6.04. The van der Waals surface area contributed by atoms with Gasteiger partial charge in [-0.25, -0.2) is 8.42 Å². The standard InChI is InChI=1S/C8H16N2O3S.ClH/c9-5-7-6-10(3-4-13-7)14(11,12)8-1-2-8;/h7-8H,1-6,9H2;1H. The molecule has 1 atom stereocenters. The van der Waals surface area contributed by atoms with Gasteiger partial charge >= 0.3 is 0 Å². The largest absolute Gasteiger partial charge is 0.374 e. The van der Waals surface area contributed by atoms with Crippen LogP contribution in [0, 0.1) is 0 Å². The Kier molecular flexibility index (Phi) is 4.37. The number of morpholine rings is 1. The van der Waals surface area contributed by atoms with Gasteiger partial charge in [-0.2, -0.15) is 4.31 Å². The van der Waals surface area contributed by atoms with Crippen LogP contribution in [0.15, 0.2) is 0 Å². The van der Waals surface area contributed by atoms with Crippen LogP contribution in [-0.2, 0) is 14.8 Å². The molecule has 7 heteroatoms. The normalized spacial score (nSPS) is 28.5. The van der Waals surface area contributed by atoms with Crippen LogP contribution in [0.2, 0.25) is 0 Å². The van der Waals surface area contributed by atoms with E-state index in [9.17, 15) is 8.42 Å². The minimum absolute atomic E-state index is 0. The molecule has 15 heavy (non-hydrogen) atoms. The topological polar surface area (TPSA) is 72.6 Å². The third-order valence-corrected chi connectivity index (χ3v) is 5.04. The number of hydrogen-bond acceptors (Lipinski definition) is 4. The number of halogens is 1. The van der Waals surface area contributed by atoms with Gasteiger partial charge in [0.15, 0.2) is 0 Å². The van der Waals surface area contributed by atoms with Crippen molar-refractivity contribution in [1.82, 2.24) is 4.31 Å². The first-order chi connectivity index (χ1) is 6.64. The quantitative estimate of drug-likeness (QED) is 0.743. The van der Waals surface area contributed by atoms with Gasteiger partial charge < -0.3 is 10.5 Å². The van der Waals surface area contributed by atoms with Crippen molar-refractivity contribution in [2.24, 2.45) is 5.73 Å². The molecule has 0 aromatic rings. The summed E-state index contributed by atoms with van der Waals surface area (Å²) in [5, 5.41) is -0.126. The minimum Gasteiger partial charge on any atom is -0.374 e. The van der Waals surface area contributed by atoms with E-state index >= 15 is 0 Å². The summed E-state index contributed by atoms with van der Waals surface area (Å²) in [4.78, 5) is 0. The fourth-order valence-corrected chi connectivity index (χ4v) is 3.50. The van der Waals surface area contributed by atoms with E-state index in [0.29, 0.717) is 26.2 Å². The zero-order valence-electron chi connectivity index (χ0n) is 8.46. The number of nitrogens with zero attached hydrogens (tertiary/aromatic N) is 1. The molecule has 1 saturated carbocycles. The van der Waals surface area contributed by atoms with Gasteiger partial charge in [0, 0.05) is 19.6 Å². The third kappa shape index (κ3) is 2.82. The molecule has 0 spiro atoms. The third-order valence-electron chi connectivity index (χ3n) is 2.67. The van der Waals surface area contributed by atoms with Crippen LogP contribution in [0.1, 0.15) is 12.8 Å². The van der Waals surface area contributed by atoms with Crippen LogP contribution in [0.3, 0.4) is 0 Å². The minimum atomic E-state index is -3.03. The lowest BCUT2D eigenvalue weighted by molar-refractivity contribution is 0.00446. The molecule has 0 amide bonds. The highest BCUT2D eigenvalue weighted by molar-refractivity contribution is 7.90. The lowest BCUT2D eigenvalue weighted by Gasteiger charge is -2.31. The van der Waals surface area contributed by atoms with E-state index in [-0.39, 0.29) is 23.8 Å². The van der Waals surface area contributed by atoms with Crippen molar-refractivity contribution in [3.8, 4) is 0 Å². The molecule has 2 fully saturated rings. The predicted octanol–water partition coefficient (Wildman–Crippen LogP) is -0.440. The molecular weight excluding hydrogens is 240 g/mol. The van der Waals surface area contributed by atoms with Crippen LogP contribution >= 0.6 is 12.4 Å². The Morgan fingerprint density at radius 1 is 1.40 bits per heavy atom. The van der Waals surface area contributed by atoms with Gasteiger partial charge in [0.2, 0.25) is 10.0 Å². The SMILES string of the molecule is Cl.NCC1CN(S(=O)(=O)C2CC2)CCO1. The first-order valence-electron chi connectivity index (χ1n) is 4.95. The summed E-state index contributed by atoms with van der Waals surface area (Å²) in [5.41, 5.74) is 5.45. The van der Waals surface area contributed by atoms with Crippen molar-refractivity contribution >= 4 is 22.4 Å². The van der Waals surface area contributed by atoms with Gasteiger partial charge in [0.1, 0.15) is 0 Å². The van der Waals surface area contributed by atoms with Crippen molar-refractivity contribution in [2.45, 2.75) is 24.2 Å². The zero-order valence-corrected chi connectivity index (χ0v) is 10.1. The first-order valence-corrected chi connectivity index (χ1v) is 6.45. The Balaban J connectivity index is 0.00000112. The molecule has 2 N–H and O–H groups in total. The van der Waals surface area contributed by atoms with Crippen molar-refractivity contribution < 1.29 is 13.2 Å². The van der Waals surface area contributed by atoms with Crippen LogP contribution in [-0.4, -0.2) is 50.3 Å². The van der Waals surface area contributed by atoms with E-state index < -0.39 is 10.0 Å². The van der Waals surface area contributed by atoms with Crippen molar-refractivity contribution in [3.05, 3.63) is 0 Å². The molecule has 5 nitrogen and oxygen atoms in total. The summed E-state index contributed by atoms with van der Waals surface area (Å²) in [5.74, 6) is 0. The summed E-state index contributed by atoms with van der Waals surface area (Å²) in [6.45, 7) is 1.76. The molecule has 1 heterocycles. The van der Waals surface area contributed by atoms with Gasteiger partial charge in [0.05, 0.1) is 18.0 Å². The lowest BCUT2D eigenvalue weighted by atomic mass is 10.3. The van der Waals surface area contributed by atoms with Gasteiger partial charge in [0.25, 0.3) is 0 Å². The molecule has 1 saturated heterocycles. The lowest BCUT2D eigenvalue weighted by Crippen LogP contribution is -2.49. The number of ether oxygens (including phenoxy) is 1. The van der Waals surface area contributed by atoms with Gasteiger partial charge in [-0.3, -0.25) is 0 Å². The Bertz CT molecular complexity index is 305. The van der Waals surface area contributed by atoms with E-state index in [1.165, 1.54) is 4.31 Å². The molecule has 1 aliphatic carbocycles. The monoisotopic (exact) mass is 256 g/mol. The van der Waals surface area contributed by atoms with E-state index in [1.807, 2.05) is 0 Å². The second-order valence-electron chi connectivity index (χ2n) is 3.83. The van der Waals surface area contributed by atoms with E-state index in [2.05, 4.69) is 0 Å². The molecular formula is C8H17ClN2O3S. The Hall–Kier alpha value is 0.120. The fourth-order valence-electron chi connectivity index (χ4n) is 1.64. The molecule has 2 aliphatic rings. The maximum absolute atomic E-state index is 11.8. The van der Waals surface area contributed by atoms with Gasteiger partial charge in [-0.05, 0) is 12.8 Å². The summed E-state index contributed by atoms with van der Waals surface area (Å²) in [7, 11) is -3.03. The maximum Gasteiger partial charge on any atom is 0.217 e. The number of sulfonamides is 1. The molecule has 0 radical (unpaired) electrons. The number of nitrogens with two attached hydrogens (primary N) is 1. The molecule has 2 rings (SSSR count). The van der Waals surface area contributed by atoms with Crippen LogP contribution in [0.5, 0.6) is 0 Å². The van der Waals surface area contributed by atoms with Gasteiger partial charge in [-0.1, -0.05) is 0 Å². The summed E-state index contributed by atoms with van der Waals surface area (Å²) in [6.07, 6.45) is 1.50. The fraction of sp³-hybridized carbons (Fsp3) is 1.00. The van der Waals surface area contributed by atoms with Crippen molar-refractivity contribution in [3.63, 3.8) is 0 Å². The van der Waals surface area contributed by atoms with E-state index in [0.717, 1.165) is 12.8 Å². The predicted molar refractivity (Wildman–Crippen MR) is 59.6 cm³/mol. The Morgan fingerprint density at radius 2 is 2.07 bits per heavy atom. The molecule has 90 valence electrons. The van der Waals surface area contributed by atoms with Crippen LogP contribution in [0.4, 0.5) is 0 Å². The summed E-state index contributed by atoms with van der Waals surface area (Å²) < 4.78 is 30.5. The van der Waals surface area contributed by atoms with Crippen LogP contribution < -0.4 is 5.73 Å². The Labute approximate surface area is 96.4 Å². The Morgan fingerprint density at radius 3 is 2.60 bits per heavy atom. The molecule has 0 aromatic carbocycles. The molecule has 0 aromatic heterocycles. The van der Waals surface area contributed by atoms with Gasteiger partial charge in [-0.15, -0.1) is 12.4 Å². The zero-order chi connectivity index (χ0) is 10.2. The highest BCUT2D eigenvalue weighted by Crippen LogP contribution is 2.31. The summed E-state index contributed by atoms with van der Waals surface area (Å²) in [6, 6.07) is 0. The van der Waals surface area contributed by atoms with E-state index in [1.54, 1.807) is 0 Å². The average molecular weight is 257 g/mol. The average Bonchev–Trinajstić information content (AvgIpc) is 3.01. The first kappa shape index (κ1) is 13.2. The molecule has 1 aliphatic heterocycles. The van der Waals surface area contributed by atoms with Crippen molar-refractivity contribution in [2.75, 3.05) is 26.2 Å². The number of hydrogen-bond donors (Lipinski definition) is 1.